The number of nitrogens with zero attached hydrogens (tertiary/aromatic N) is 2. The number of sulfonamides is 1. The summed E-state index contributed by atoms with van der Waals surface area (Å²) in [5.41, 5.74) is 2.76. The van der Waals surface area contributed by atoms with E-state index in [9.17, 15) is 13.2 Å². The molecule has 3 rings (SSSR count). The van der Waals surface area contributed by atoms with Crippen LogP contribution in [-0.2, 0) is 27.8 Å². The van der Waals surface area contributed by atoms with Gasteiger partial charge in [-0.05, 0) is 36.2 Å². The Hall–Kier alpha value is -2.25. The van der Waals surface area contributed by atoms with Gasteiger partial charge in [0.1, 0.15) is 5.69 Å². The Labute approximate surface area is 134 Å². The highest BCUT2D eigenvalue weighted by molar-refractivity contribution is 7.89. The van der Waals surface area contributed by atoms with Gasteiger partial charge in [0.05, 0.1) is 12.0 Å². The Morgan fingerprint density at radius 1 is 1.17 bits per heavy atom. The molecule has 1 aliphatic rings. The summed E-state index contributed by atoms with van der Waals surface area (Å²) < 4.78 is 31.4. The number of hydrogen-bond acceptors (Lipinski definition) is 5. The Morgan fingerprint density at radius 2 is 1.83 bits per heavy atom. The van der Waals surface area contributed by atoms with Crippen molar-refractivity contribution in [3.63, 3.8) is 0 Å². The summed E-state index contributed by atoms with van der Waals surface area (Å²) in [4.78, 5) is 15.8. The average molecular weight is 332 g/mol. The lowest BCUT2D eigenvalue weighted by molar-refractivity contribution is 0.0594. The monoisotopic (exact) mass is 332 g/mol. The van der Waals surface area contributed by atoms with E-state index in [0.717, 1.165) is 16.7 Å². The van der Waals surface area contributed by atoms with Crippen LogP contribution in [0.25, 0.3) is 0 Å². The first kappa shape index (κ1) is 15.6. The van der Waals surface area contributed by atoms with Crippen molar-refractivity contribution in [2.75, 3.05) is 7.11 Å². The second-order valence-electron chi connectivity index (χ2n) is 5.42. The predicted octanol–water partition coefficient (Wildman–Crippen LogP) is 1.88. The van der Waals surface area contributed by atoms with Crippen molar-refractivity contribution in [1.29, 1.82) is 0 Å². The third kappa shape index (κ3) is 2.85. The summed E-state index contributed by atoms with van der Waals surface area (Å²) in [6.07, 6.45) is 1.53. The summed E-state index contributed by atoms with van der Waals surface area (Å²) >= 11 is 0. The van der Waals surface area contributed by atoms with Gasteiger partial charge in [0.15, 0.2) is 0 Å². The lowest BCUT2D eigenvalue weighted by atomic mass is 10.1. The van der Waals surface area contributed by atoms with Gasteiger partial charge in [-0.3, -0.25) is 0 Å². The van der Waals surface area contributed by atoms with Crippen LogP contribution in [0.4, 0.5) is 0 Å². The van der Waals surface area contributed by atoms with Gasteiger partial charge in [-0.25, -0.2) is 18.2 Å². The SMILES string of the molecule is COC(=O)c1cc2c(cn1)CN(S(=O)(=O)c1ccc(C)cc1)C2. The van der Waals surface area contributed by atoms with Crippen molar-refractivity contribution >= 4 is 16.0 Å². The molecule has 0 unspecified atom stereocenters. The fourth-order valence-corrected chi connectivity index (χ4v) is 3.89. The number of hydrogen-bond donors (Lipinski definition) is 0. The smallest absolute Gasteiger partial charge is 0.356 e. The maximum absolute atomic E-state index is 12.7. The van der Waals surface area contributed by atoms with E-state index in [1.165, 1.54) is 17.6 Å². The number of aromatic nitrogens is 1. The molecule has 0 fully saturated rings. The van der Waals surface area contributed by atoms with Crippen molar-refractivity contribution in [3.8, 4) is 0 Å². The van der Waals surface area contributed by atoms with Crippen molar-refractivity contribution in [2.24, 2.45) is 0 Å². The molecule has 0 atom stereocenters. The van der Waals surface area contributed by atoms with Crippen LogP contribution in [0.1, 0.15) is 27.2 Å². The third-order valence-electron chi connectivity index (χ3n) is 3.83. The maximum Gasteiger partial charge on any atom is 0.356 e. The van der Waals surface area contributed by atoms with Crippen LogP contribution >= 0.6 is 0 Å². The topological polar surface area (TPSA) is 76.6 Å². The number of esters is 1. The van der Waals surface area contributed by atoms with E-state index in [-0.39, 0.29) is 23.7 Å². The van der Waals surface area contributed by atoms with Crippen LogP contribution in [0.5, 0.6) is 0 Å². The van der Waals surface area contributed by atoms with Crippen LogP contribution in [-0.4, -0.2) is 30.8 Å². The van der Waals surface area contributed by atoms with E-state index < -0.39 is 16.0 Å². The zero-order valence-electron chi connectivity index (χ0n) is 12.8. The molecule has 0 radical (unpaired) electrons. The summed E-state index contributed by atoms with van der Waals surface area (Å²) in [5, 5.41) is 0. The van der Waals surface area contributed by atoms with E-state index in [2.05, 4.69) is 9.72 Å². The van der Waals surface area contributed by atoms with Gasteiger partial charge in [-0.1, -0.05) is 17.7 Å². The van der Waals surface area contributed by atoms with Gasteiger partial charge in [-0.2, -0.15) is 4.31 Å². The number of benzene rings is 1. The lowest BCUT2D eigenvalue weighted by Crippen LogP contribution is -2.25. The maximum atomic E-state index is 12.7. The molecule has 2 heterocycles. The normalized spacial score (nSPS) is 14.5. The highest BCUT2D eigenvalue weighted by Gasteiger charge is 2.31. The first-order valence-electron chi connectivity index (χ1n) is 7.05. The molecule has 0 spiro atoms. The van der Waals surface area contributed by atoms with Crippen LogP contribution in [0.15, 0.2) is 41.4 Å². The second-order valence-corrected chi connectivity index (χ2v) is 7.35. The molecule has 7 heteroatoms. The Kier molecular flexibility index (Phi) is 3.91. The number of rotatable bonds is 3. The van der Waals surface area contributed by atoms with Crippen LogP contribution in [0.2, 0.25) is 0 Å². The van der Waals surface area contributed by atoms with Gasteiger partial charge in [0.25, 0.3) is 0 Å². The Balaban J connectivity index is 1.89. The first-order chi connectivity index (χ1) is 10.9. The number of fused-ring (bicyclic) bond motifs is 1. The molecule has 1 aromatic heterocycles. The van der Waals surface area contributed by atoms with Gasteiger partial charge in [0, 0.05) is 19.3 Å². The molecule has 0 bridgehead atoms. The number of ether oxygens (including phenoxy) is 1. The van der Waals surface area contributed by atoms with E-state index in [1.807, 2.05) is 6.92 Å². The summed E-state index contributed by atoms with van der Waals surface area (Å²) in [5.74, 6) is -0.535. The minimum absolute atomic E-state index is 0.181. The van der Waals surface area contributed by atoms with Crippen molar-refractivity contribution in [1.82, 2.24) is 9.29 Å². The highest BCUT2D eigenvalue weighted by atomic mass is 32.2. The first-order valence-corrected chi connectivity index (χ1v) is 8.49. The molecule has 2 aromatic rings. The molecule has 0 amide bonds. The molecule has 0 N–H and O–H groups in total. The minimum Gasteiger partial charge on any atom is -0.464 e. The molecule has 6 nitrogen and oxygen atoms in total. The van der Waals surface area contributed by atoms with Gasteiger partial charge >= 0.3 is 5.97 Å². The van der Waals surface area contributed by atoms with Crippen LogP contribution in [0.3, 0.4) is 0 Å². The summed E-state index contributed by atoms with van der Waals surface area (Å²) in [6, 6.07) is 8.34. The van der Waals surface area contributed by atoms with Crippen molar-refractivity contribution < 1.29 is 17.9 Å². The van der Waals surface area contributed by atoms with E-state index >= 15 is 0 Å². The molecular formula is C16H16N2O4S. The second kappa shape index (κ2) is 5.75. The number of methoxy groups -OCH3 is 1. The molecule has 0 aliphatic carbocycles. The van der Waals surface area contributed by atoms with E-state index in [4.69, 9.17) is 0 Å². The zero-order chi connectivity index (χ0) is 16.6. The summed E-state index contributed by atoms with van der Waals surface area (Å²) in [7, 11) is -2.29. The fourth-order valence-electron chi connectivity index (χ4n) is 2.50. The zero-order valence-corrected chi connectivity index (χ0v) is 13.6. The van der Waals surface area contributed by atoms with Gasteiger partial charge in [-0.15, -0.1) is 0 Å². The standard InChI is InChI=1S/C16H16N2O4S/c1-11-3-5-14(6-4-11)23(20,21)18-9-12-7-15(16(19)22-2)17-8-13(12)10-18/h3-8H,9-10H2,1-2H3. The number of carbonyl (C=O) groups excluding carboxylic acids is 1. The predicted molar refractivity (Wildman–Crippen MR) is 83.2 cm³/mol. The number of aryl methyl sites for hydroxylation is 1. The molecule has 1 aliphatic heterocycles. The van der Waals surface area contributed by atoms with E-state index in [1.54, 1.807) is 30.3 Å². The quantitative estimate of drug-likeness (QED) is 0.802. The van der Waals surface area contributed by atoms with Crippen LogP contribution in [0, 0.1) is 6.92 Å². The van der Waals surface area contributed by atoms with Crippen molar-refractivity contribution in [3.05, 3.63) is 58.9 Å². The summed E-state index contributed by atoms with van der Waals surface area (Å²) in [6.45, 7) is 2.38. The molecule has 23 heavy (non-hydrogen) atoms. The highest BCUT2D eigenvalue weighted by Crippen LogP contribution is 2.28. The van der Waals surface area contributed by atoms with Gasteiger partial charge in [0.2, 0.25) is 10.0 Å². The molecule has 0 saturated carbocycles. The average Bonchev–Trinajstić information content (AvgIpc) is 2.98. The number of carbonyl (C=O) groups is 1. The van der Waals surface area contributed by atoms with E-state index in [0.29, 0.717) is 0 Å². The largest absolute Gasteiger partial charge is 0.464 e. The van der Waals surface area contributed by atoms with Crippen LogP contribution < -0.4 is 0 Å². The fraction of sp³-hybridized carbons (Fsp3) is 0.250. The third-order valence-corrected chi connectivity index (χ3v) is 5.64. The molecule has 120 valence electrons. The lowest BCUT2D eigenvalue weighted by Gasteiger charge is -2.15. The minimum atomic E-state index is -3.57. The molecular weight excluding hydrogens is 316 g/mol. The Bertz CT molecular complexity index is 860. The van der Waals surface area contributed by atoms with Crippen molar-refractivity contribution in [2.45, 2.75) is 24.9 Å². The Morgan fingerprint density at radius 3 is 2.48 bits per heavy atom. The molecule has 1 aromatic carbocycles. The van der Waals surface area contributed by atoms with Gasteiger partial charge < -0.3 is 4.74 Å². The molecule has 0 saturated heterocycles. The number of pyridine rings is 1.